The van der Waals surface area contributed by atoms with Gasteiger partial charge in [0.05, 0.1) is 12.5 Å². The molecule has 0 radical (unpaired) electrons. The SMILES string of the molecule is CC(C)c1[nH]nc(-c2ccoc2)c1CN. The highest BCUT2D eigenvalue weighted by molar-refractivity contribution is 5.62. The van der Waals surface area contributed by atoms with Crippen molar-refractivity contribution in [3.05, 3.63) is 29.9 Å². The maximum Gasteiger partial charge on any atom is 0.100 e. The Bertz CT molecular complexity index is 429. The molecule has 15 heavy (non-hydrogen) atoms. The van der Waals surface area contributed by atoms with Gasteiger partial charge in [0.1, 0.15) is 5.69 Å². The first-order valence-corrected chi connectivity index (χ1v) is 5.03. The van der Waals surface area contributed by atoms with Crippen LogP contribution in [0.15, 0.2) is 23.0 Å². The van der Waals surface area contributed by atoms with Crippen LogP contribution >= 0.6 is 0 Å². The van der Waals surface area contributed by atoms with Crippen molar-refractivity contribution in [2.24, 2.45) is 5.73 Å². The summed E-state index contributed by atoms with van der Waals surface area (Å²) in [5.74, 6) is 0.400. The van der Waals surface area contributed by atoms with Gasteiger partial charge in [0.25, 0.3) is 0 Å². The van der Waals surface area contributed by atoms with Crippen molar-refractivity contribution in [1.82, 2.24) is 10.2 Å². The molecule has 3 N–H and O–H groups in total. The molecule has 4 nitrogen and oxygen atoms in total. The summed E-state index contributed by atoms with van der Waals surface area (Å²) in [7, 11) is 0. The van der Waals surface area contributed by atoms with Gasteiger partial charge >= 0.3 is 0 Å². The highest BCUT2D eigenvalue weighted by Gasteiger charge is 2.15. The molecule has 2 heterocycles. The molecule has 0 bridgehead atoms. The molecule has 2 aromatic heterocycles. The molecule has 0 aliphatic rings. The number of aromatic nitrogens is 2. The van der Waals surface area contributed by atoms with Crippen molar-refractivity contribution in [2.45, 2.75) is 26.3 Å². The Hall–Kier alpha value is -1.55. The van der Waals surface area contributed by atoms with Gasteiger partial charge in [0.15, 0.2) is 0 Å². The maximum absolute atomic E-state index is 5.75. The van der Waals surface area contributed by atoms with E-state index in [1.54, 1.807) is 12.5 Å². The van der Waals surface area contributed by atoms with Gasteiger partial charge in [-0.1, -0.05) is 13.8 Å². The van der Waals surface area contributed by atoms with E-state index in [0.29, 0.717) is 12.5 Å². The number of hydrogen-bond donors (Lipinski definition) is 2. The van der Waals surface area contributed by atoms with E-state index in [1.807, 2.05) is 6.07 Å². The van der Waals surface area contributed by atoms with E-state index in [2.05, 4.69) is 24.0 Å². The Morgan fingerprint density at radius 3 is 2.87 bits per heavy atom. The van der Waals surface area contributed by atoms with E-state index in [9.17, 15) is 0 Å². The predicted octanol–water partition coefficient (Wildman–Crippen LogP) is 2.25. The monoisotopic (exact) mass is 205 g/mol. The summed E-state index contributed by atoms with van der Waals surface area (Å²) >= 11 is 0. The molecule has 4 heteroatoms. The molecular formula is C11H15N3O. The van der Waals surface area contributed by atoms with E-state index in [0.717, 1.165) is 22.5 Å². The summed E-state index contributed by atoms with van der Waals surface area (Å²) in [6.07, 6.45) is 3.32. The zero-order chi connectivity index (χ0) is 10.8. The maximum atomic E-state index is 5.75. The van der Waals surface area contributed by atoms with Crippen LogP contribution < -0.4 is 5.73 Å². The first-order valence-electron chi connectivity index (χ1n) is 5.03. The van der Waals surface area contributed by atoms with Gasteiger partial charge in [-0.15, -0.1) is 0 Å². The fraction of sp³-hybridized carbons (Fsp3) is 0.364. The summed E-state index contributed by atoms with van der Waals surface area (Å²) < 4.78 is 5.04. The minimum absolute atomic E-state index is 0.400. The van der Waals surface area contributed by atoms with Gasteiger partial charge < -0.3 is 10.2 Å². The first kappa shape index (κ1) is 9.98. The number of nitrogens with zero attached hydrogens (tertiary/aromatic N) is 1. The fourth-order valence-electron chi connectivity index (χ4n) is 1.70. The van der Waals surface area contributed by atoms with Gasteiger partial charge in [0, 0.05) is 23.4 Å². The van der Waals surface area contributed by atoms with Crippen molar-refractivity contribution < 1.29 is 4.42 Å². The van der Waals surface area contributed by atoms with Crippen molar-refractivity contribution >= 4 is 0 Å². The van der Waals surface area contributed by atoms with Crippen LogP contribution in [0, 0.1) is 0 Å². The molecule has 0 atom stereocenters. The Labute approximate surface area is 88.5 Å². The quantitative estimate of drug-likeness (QED) is 0.807. The Morgan fingerprint density at radius 1 is 1.53 bits per heavy atom. The van der Waals surface area contributed by atoms with E-state index in [-0.39, 0.29) is 0 Å². The van der Waals surface area contributed by atoms with Gasteiger partial charge in [-0.2, -0.15) is 5.10 Å². The molecule has 0 aromatic carbocycles. The minimum Gasteiger partial charge on any atom is -0.472 e. The van der Waals surface area contributed by atoms with Gasteiger partial charge in [-0.25, -0.2) is 0 Å². The molecule has 0 aliphatic heterocycles. The van der Waals surface area contributed by atoms with Gasteiger partial charge in [0.2, 0.25) is 0 Å². The van der Waals surface area contributed by atoms with Crippen LogP contribution in [-0.4, -0.2) is 10.2 Å². The second-order valence-corrected chi connectivity index (χ2v) is 3.84. The van der Waals surface area contributed by atoms with E-state index >= 15 is 0 Å². The number of rotatable bonds is 3. The summed E-state index contributed by atoms with van der Waals surface area (Å²) in [4.78, 5) is 0. The molecule has 80 valence electrons. The topological polar surface area (TPSA) is 67.8 Å². The molecule has 0 saturated heterocycles. The summed E-state index contributed by atoms with van der Waals surface area (Å²) in [5.41, 5.74) is 9.80. The molecular weight excluding hydrogens is 190 g/mol. The van der Waals surface area contributed by atoms with Crippen LogP contribution in [0.4, 0.5) is 0 Å². The number of nitrogens with one attached hydrogen (secondary N) is 1. The highest BCUT2D eigenvalue weighted by Crippen LogP contribution is 2.27. The van der Waals surface area contributed by atoms with Gasteiger partial charge in [-0.05, 0) is 12.0 Å². The second-order valence-electron chi connectivity index (χ2n) is 3.84. The lowest BCUT2D eigenvalue weighted by molar-refractivity contribution is 0.568. The minimum atomic E-state index is 0.400. The van der Waals surface area contributed by atoms with Crippen LogP contribution in [0.1, 0.15) is 31.0 Å². The van der Waals surface area contributed by atoms with Crippen LogP contribution in [0.25, 0.3) is 11.3 Å². The van der Waals surface area contributed by atoms with Crippen LogP contribution in [0.2, 0.25) is 0 Å². The van der Waals surface area contributed by atoms with Crippen LogP contribution in [0.3, 0.4) is 0 Å². The van der Waals surface area contributed by atoms with Crippen molar-refractivity contribution in [1.29, 1.82) is 0 Å². The Kier molecular flexibility index (Phi) is 2.60. The molecule has 0 unspecified atom stereocenters. The summed E-state index contributed by atoms with van der Waals surface area (Å²) in [5, 5.41) is 7.33. The number of aromatic amines is 1. The lowest BCUT2D eigenvalue weighted by atomic mass is 10.0. The zero-order valence-corrected chi connectivity index (χ0v) is 8.95. The van der Waals surface area contributed by atoms with Crippen LogP contribution in [0.5, 0.6) is 0 Å². The lowest BCUT2D eigenvalue weighted by Gasteiger charge is -2.04. The average molecular weight is 205 g/mol. The third-order valence-corrected chi connectivity index (χ3v) is 2.48. The number of hydrogen-bond acceptors (Lipinski definition) is 3. The summed E-state index contributed by atoms with van der Waals surface area (Å²) in [6.45, 7) is 4.72. The number of nitrogens with two attached hydrogens (primary N) is 1. The fourth-order valence-corrected chi connectivity index (χ4v) is 1.70. The Balaban J connectivity index is 2.49. The van der Waals surface area contributed by atoms with E-state index in [1.165, 1.54) is 0 Å². The number of H-pyrrole nitrogens is 1. The lowest BCUT2D eigenvalue weighted by Crippen LogP contribution is -2.02. The van der Waals surface area contributed by atoms with Crippen LogP contribution in [-0.2, 0) is 6.54 Å². The van der Waals surface area contributed by atoms with E-state index < -0.39 is 0 Å². The summed E-state index contributed by atoms with van der Waals surface area (Å²) in [6, 6.07) is 1.89. The third kappa shape index (κ3) is 1.68. The van der Waals surface area contributed by atoms with Crippen molar-refractivity contribution in [3.63, 3.8) is 0 Å². The molecule has 2 rings (SSSR count). The molecule has 0 saturated carbocycles. The van der Waals surface area contributed by atoms with E-state index in [4.69, 9.17) is 10.2 Å². The zero-order valence-electron chi connectivity index (χ0n) is 8.95. The molecule has 0 spiro atoms. The molecule has 0 aliphatic carbocycles. The largest absolute Gasteiger partial charge is 0.472 e. The predicted molar refractivity (Wildman–Crippen MR) is 58.3 cm³/mol. The normalized spacial score (nSPS) is 11.2. The van der Waals surface area contributed by atoms with Gasteiger partial charge in [-0.3, -0.25) is 5.10 Å². The highest BCUT2D eigenvalue weighted by atomic mass is 16.3. The molecule has 0 amide bonds. The first-order chi connectivity index (χ1) is 7.24. The molecule has 2 aromatic rings. The second kappa shape index (κ2) is 3.90. The number of furan rings is 1. The van der Waals surface area contributed by atoms with Crippen molar-refractivity contribution in [2.75, 3.05) is 0 Å². The smallest absolute Gasteiger partial charge is 0.100 e. The van der Waals surface area contributed by atoms with Crippen molar-refractivity contribution in [3.8, 4) is 11.3 Å². The average Bonchev–Trinajstić information content (AvgIpc) is 2.85. The third-order valence-electron chi connectivity index (χ3n) is 2.48. The molecule has 0 fully saturated rings. The Morgan fingerprint density at radius 2 is 2.33 bits per heavy atom. The standard InChI is InChI=1S/C11H15N3O/c1-7(2)10-9(5-12)11(14-13-10)8-3-4-15-6-8/h3-4,6-7H,5,12H2,1-2H3,(H,13,14).